The van der Waals surface area contributed by atoms with Crippen LogP contribution in [0.2, 0.25) is 0 Å². The molecule has 0 unspecified atom stereocenters. The summed E-state index contributed by atoms with van der Waals surface area (Å²) in [7, 11) is 0. The lowest BCUT2D eigenvalue weighted by molar-refractivity contribution is 0.163. The van der Waals surface area contributed by atoms with Crippen LogP contribution in [0.3, 0.4) is 0 Å². The molecule has 1 aliphatic carbocycles. The maximum atomic E-state index is 3.59. The molecule has 1 atom stereocenters. The molecule has 1 aromatic heterocycles. The third-order valence-electron chi connectivity index (χ3n) is 3.77. The molecule has 1 N–H and O–H groups in total. The minimum absolute atomic E-state index is 0. The van der Waals surface area contributed by atoms with Crippen LogP contribution in [0.15, 0.2) is 15.9 Å². The van der Waals surface area contributed by atoms with Crippen molar-refractivity contribution in [3.05, 3.63) is 20.8 Å². The highest BCUT2D eigenvalue weighted by molar-refractivity contribution is 9.11. The summed E-state index contributed by atoms with van der Waals surface area (Å²) in [6, 6.07) is 5.17. The van der Waals surface area contributed by atoms with E-state index in [4.69, 9.17) is 0 Å². The highest BCUT2D eigenvalue weighted by Gasteiger charge is 2.31. The van der Waals surface area contributed by atoms with E-state index in [1.807, 2.05) is 11.3 Å². The fraction of sp³-hybridized carbons (Fsp3) is 0.692. The van der Waals surface area contributed by atoms with Gasteiger partial charge in [-0.1, -0.05) is 12.8 Å². The molecule has 1 aromatic rings. The van der Waals surface area contributed by atoms with Crippen molar-refractivity contribution in [1.82, 2.24) is 10.2 Å². The third kappa shape index (κ3) is 4.87. The van der Waals surface area contributed by atoms with Crippen LogP contribution in [-0.4, -0.2) is 31.1 Å². The summed E-state index contributed by atoms with van der Waals surface area (Å²) in [4.78, 5) is 4.22. The second-order valence-electron chi connectivity index (χ2n) is 5.12. The van der Waals surface area contributed by atoms with Gasteiger partial charge < -0.3 is 5.32 Å². The number of hydrogen-bond acceptors (Lipinski definition) is 3. The van der Waals surface area contributed by atoms with Crippen molar-refractivity contribution in [2.24, 2.45) is 5.92 Å². The van der Waals surface area contributed by atoms with Gasteiger partial charge in [0.25, 0.3) is 0 Å². The first kappa shape index (κ1) is 17.7. The fourth-order valence-corrected chi connectivity index (χ4v) is 4.19. The van der Waals surface area contributed by atoms with E-state index in [1.54, 1.807) is 4.88 Å². The molecule has 110 valence electrons. The number of nitrogens with zero attached hydrogens (tertiary/aromatic N) is 1. The molecule has 3 rings (SSSR count). The highest BCUT2D eigenvalue weighted by atomic mass is 79.9. The van der Waals surface area contributed by atoms with E-state index in [1.165, 1.54) is 36.1 Å². The second kappa shape index (κ2) is 8.20. The lowest BCUT2D eigenvalue weighted by Crippen LogP contribution is -2.45. The Kier molecular flexibility index (Phi) is 7.65. The van der Waals surface area contributed by atoms with Crippen LogP contribution in [0, 0.1) is 5.92 Å². The summed E-state index contributed by atoms with van der Waals surface area (Å²) >= 11 is 5.51. The lowest BCUT2D eigenvalue weighted by Gasteiger charge is -2.34. The van der Waals surface area contributed by atoms with Gasteiger partial charge in [0, 0.05) is 37.1 Å². The highest BCUT2D eigenvalue weighted by Crippen LogP contribution is 2.42. The fourth-order valence-electron chi connectivity index (χ4n) is 2.62. The Bertz CT molecular complexity index is 378. The maximum Gasteiger partial charge on any atom is 0.0701 e. The number of rotatable bonds is 4. The van der Waals surface area contributed by atoms with Gasteiger partial charge >= 0.3 is 0 Å². The zero-order valence-corrected chi connectivity index (χ0v) is 14.8. The number of piperazine rings is 1. The van der Waals surface area contributed by atoms with Crippen molar-refractivity contribution >= 4 is 52.1 Å². The molecule has 19 heavy (non-hydrogen) atoms. The SMILES string of the molecule is Brc1ccc([C@@H](CC2CC2)N2CCNCC2)s1.Cl.Cl. The second-order valence-corrected chi connectivity index (χ2v) is 7.62. The van der Waals surface area contributed by atoms with Crippen molar-refractivity contribution in [1.29, 1.82) is 0 Å². The summed E-state index contributed by atoms with van der Waals surface area (Å²) in [5.74, 6) is 0.996. The zero-order chi connectivity index (χ0) is 11.7. The summed E-state index contributed by atoms with van der Waals surface area (Å²) in [6.45, 7) is 4.70. The Morgan fingerprint density at radius 2 is 1.95 bits per heavy atom. The minimum Gasteiger partial charge on any atom is -0.314 e. The standard InChI is InChI=1S/C13H19BrN2S.2ClH/c14-13-4-3-12(17-13)11(9-10-1-2-10)16-7-5-15-6-8-16;;/h3-4,10-11,15H,1-2,5-9H2;2*1H/t11-;;/m1../s1. The van der Waals surface area contributed by atoms with Crippen molar-refractivity contribution in [2.45, 2.75) is 25.3 Å². The third-order valence-corrected chi connectivity index (χ3v) is 5.49. The average Bonchev–Trinajstić information content (AvgIpc) is 3.08. The van der Waals surface area contributed by atoms with E-state index < -0.39 is 0 Å². The van der Waals surface area contributed by atoms with Crippen molar-refractivity contribution in [3.63, 3.8) is 0 Å². The van der Waals surface area contributed by atoms with Gasteiger partial charge in [-0.05, 0) is 40.4 Å². The molecule has 1 saturated carbocycles. The molecule has 0 radical (unpaired) electrons. The number of nitrogens with one attached hydrogen (secondary N) is 1. The summed E-state index contributed by atoms with van der Waals surface area (Å²) in [5, 5.41) is 3.45. The Morgan fingerprint density at radius 3 is 2.47 bits per heavy atom. The molecular formula is C13H21BrCl2N2S. The first-order valence-corrected chi connectivity index (χ1v) is 8.14. The van der Waals surface area contributed by atoms with Crippen LogP contribution in [0.5, 0.6) is 0 Å². The molecule has 1 saturated heterocycles. The van der Waals surface area contributed by atoms with Crippen molar-refractivity contribution < 1.29 is 0 Å². The van der Waals surface area contributed by atoms with Gasteiger partial charge in [0.15, 0.2) is 0 Å². The predicted molar refractivity (Wildman–Crippen MR) is 91.0 cm³/mol. The molecule has 0 amide bonds. The van der Waals surface area contributed by atoms with Crippen LogP contribution >= 0.6 is 52.1 Å². The molecule has 0 aromatic carbocycles. The smallest absolute Gasteiger partial charge is 0.0701 e. The van der Waals surface area contributed by atoms with E-state index in [9.17, 15) is 0 Å². The molecule has 2 aliphatic rings. The van der Waals surface area contributed by atoms with Crippen LogP contribution in [0.25, 0.3) is 0 Å². The van der Waals surface area contributed by atoms with Gasteiger partial charge in [0.2, 0.25) is 0 Å². The Balaban J connectivity index is 0.000000902. The van der Waals surface area contributed by atoms with Gasteiger partial charge in [-0.3, -0.25) is 4.90 Å². The molecule has 0 bridgehead atoms. The van der Waals surface area contributed by atoms with Gasteiger partial charge in [0.1, 0.15) is 0 Å². The van der Waals surface area contributed by atoms with Gasteiger partial charge in [-0.15, -0.1) is 36.2 Å². The Morgan fingerprint density at radius 1 is 1.26 bits per heavy atom. The largest absolute Gasteiger partial charge is 0.314 e. The molecule has 0 spiro atoms. The van der Waals surface area contributed by atoms with E-state index in [2.05, 4.69) is 38.3 Å². The van der Waals surface area contributed by atoms with Gasteiger partial charge in [0.05, 0.1) is 3.79 Å². The van der Waals surface area contributed by atoms with Crippen molar-refractivity contribution in [2.75, 3.05) is 26.2 Å². The molecule has 2 heterocycles. The molecule has 6 heteroatoms. The van der Waals surface area contributed by atoms with Crippen LogP contribution in [-0.2, 0) is 0 Å². The Hall–Kier alpha value is 0.680. The topological polar surface area (TPSA) is 15.3 Å². The molecule has 1 aliphatic heterocycles. The lowest BCUT2D eigenvalue weighted by atomic mass is 10.1. The van der Waals surface area contributed by atoms with E-state index in [0.717, 1.165) is 19.0 Å². The number of thiophene rings is 1. The van der Waals surface area contributed by atoms with E-state index in [-0.39, 0.29) is 24.8 Å². The van der Waals surface area contributed by atoms with E-state index in [0.29, 0.717) is 6.04 Å². The first-order valence-electron chi connectivity index (χ1n) is 6.53. The predicted octanol–water partition coefficient (Wildman–Crippen LogP) is 4.10. The molecular weight excluding hydrogens is 367 g/mol. The first-order chi connectivity index (χ1) is 8.33. The normalized spacial score (nSPS) is 21.3. The Labute approximate surface area is 140 Å². The average molecular weight is 388 g/mol. The summed E-state index contributed by atoms with van der Waals surface area (Å²) in [6.07, 6.45) is 4.28. The zero-order valence-electron chi connectivity index (χ0n) is 10.8. The molecule has 2 nitrogen and oxygen atoms in total. The van der Waals surface area contributed by atoms with Gasteiger partial charge in [-0.2, -0.15) is 0 Å². The quantitative estimate of drug-likeness (QED) is 0.836. The molecule has 2 fully saturated rings. The van der Waals surface area contributed by atoms with Crippen LogP contribution in [0.4, 0.5) is 0 Å². The van der Waals surface area contributed by atoms with E-state index >= 15 is 0 Å². The van der Waals surface area contributed by atoms with Crippen molar-refractivity contribution in [3.8, 4) is 0 Å². The number of halogens is 3. The number of hydrogen-bond donors (Lipinski definition) is 1. The van der Waals surface area contributed by atoms with Crippen LogP contribution in [0.1, 0.15) is 30.2 Å². The summed E-state index contributed by atoms with van der Waals surface area (Å²) in [5.41, 5.74) is 0. The maximum absolute atomic E-state index is 3.59. The monoisotopic (exact) mass is 386 g/mol. The minimum atomic E-state index is 0. The summed E-state index contributed by atoms with van der Waals surface area (Å²) < 4.78 is 1.27. The van der Waals surface area contributed by atoms with Crippen LogP contribution < -0.4 is 5.32 Å². The van der Waals surface area contributed by atoms with Gasteiger partial charge in [-0.25, -0.2) is 0 Å².